The van der Waals surface area contributed by atoms with Gasteiger partial charge in [-0.1, -0.05) is 6.92 Å². The Bertz CT molecular complexity index is 875. The van der Waals surface area contributed by atoms with Crippen LogP contribution in [0.25, 0.3) is 16.5 Å². The van der Waals surface area contributed by atoms with Gasteiger partial charge in [-0.15, -0.1) is 0 Å². The van der Waals surface area contributed by atoms with Gasteiger partial charge in [0.2, 0.25) is 5.91 Å². The Morgan fingerprint density at radius 1 is 1.31 bits per heavy atom. The Morgan fingerprint density at radius 3 is 2.69 bits per heavy atom. The molecule has 0 bridgehead atoms. The molecule has 0 radical (unpaired) electrons. The molecule has 4 nitrogen and oxygen atoms in total. The number of piperidine rings is 1. The van der Waals surface area contributed by atoms with Gasteiger partial charge in [0.1, 0.15) is 17.1 Å². The zero-order valence-corrected chi connectivity index (χ0v) is 16.7. The number of carbonyl (C=O) groups excluding carboxylic acids is 1. The number of furan rings is 1. The highest BCUT2D eigenvalue weighted by Crippen LogP contribution is 2.38. The monoisotopic (exact) mass is 355 g/mol. The minimum Gasteiger partial charge on any atom is -0.496 e. The quantitative estimate of drug-likeness (QED) is 0.725. The third-order valence-electron chi connectivity index (χ3n) is 5.58. The molecule has 140 valence electrons. The smallest absolute Gasteiger partial charge is 0.246 e. The number of fused-ring (bicyclic) bond motifs is 1. The van der Waals surface area contributed by atoms with Crippen LogP contribution in [0.2, 0.25) is 0 Å². The summed E-state index contributed by atoms with van der Waals surface area (Å²) in [6.07, 6.45) is 4.04. The number of hydrogen-bond donors (Lipinski definition) is 0. The number of hydrogen-bond acceptors (Lipinski definition) is 3. The minimum absolute atomic E-state index is 0.0916. The molecule has 1 aliphatic heterocycles. The van der Waals surface area contributed by atoms with Gasteiger partial charge in [-0.25, -0.2) is 0 Å². The third-order valence-corrected chi connectivity index (χ3v) is 5.58. The fourth-order valence-electron chi connectivity index (χ4n) is 3.91. The fraction of sp³-hybridized carbons (Fsp3) is 0.500. The zero-order chi connectivity index (χ0) is 19.0. The van der Waals surface area contributed by atoms with E-state index >= 15 is 0 Å². The van der Waals surface area contributed by atoms with Crippen molar-refractivity contribution in [2.24, 2.45) is 5.92 Å². The Hall–Kier alpha value is -2.23. The van der Waals surface area contributed by atoms with Gasteiger partial charge >= 0.3 is 0 Å². The first kappa shape index (κ1) is 18.6. The average molecular weight is 355 g/mol. The molecule has 4 heteroatoms. The lowest BCUT2D eigenvalue weighted by molar-refractivity contribution is -0.127. The van der Waals surface area contributed by atoms with Gasteiger partial charge in [0.05, 0.1) is 7.11 Å². The minimum atomic E-state index is 0.0916. The predicted octanol–water partition coefficient (Wildman–Crippen LogP) is 5.03. The molecule has 1 atom stereocenters. The van der Waals surface area contributed by atoms with Crippen LogP contribution in [0.15, 0.2) is 16.6 Å². The molecule has 1 aliphatic rings. The van der Waals surface area contributed by atoms with Gasteiger partial charge in [-0.3, -0.25) is 4.79 Å². The first-order valence-electron chi connectivity index (χ1n) is 9.38. The number of likely N-dealkylation sites (tertiary alicyclic amines) is 1. The normalized spacial score (nSPS) is 18.5. The third kappa shape index (κ3) is 3.25. The molecule has 1 aromatic carbocycles. The zero-order valence-electron chi connectivity index (χ0n) is 16.7. The molecule has 0 spiro atoms. The van der Waals surface area contributed by atoms with E-state index in [-0.39, 0.29) is 5.91 Å². The maximum atomic E-state index is 12.7. The standard InChI is InChI=1S/C22H29NO3/c1-13-8-7-9-23(12-13)20(24)10-14(2)18-11-19-15(3)17(5)26-22(19)16(4)21(18)25-6/h10-11,13H,7-9,12H2,1-6H3/b14-10+. The summed E-state index contributed by atoms with van der Waals surface area (Å²) in [5, 5.41) is 1.09. The maximum absolute atomic E-state index is 12.7. The Labute approximate surface area is 155 Å². The molecule has 1 unspecified atom stereocenters. The van der Waals surface area contributed by atoms with E-state index in [1.807, 2.05) is 25.7 Å². The molecule has 3 rings (SSSR count). The summed E-state index contributed by atoms with van der Waals surface area (Å²) in [7, 11) is 1.67. The fourth-order valence-corrected chi connectivity index (χ4v) is 3.91. The molecule has 1 amide bonds. The second-order valence-electron chi connectivity index (χ2n) is 7.60. The van der Waals surface area contributed by atoms with Crippen molar-refractivity contribution in [2.45, 2.75) is 47.5 Å². The van der Waals surface area contributed by atoms with Crippen molar-refractivity contribution < 1.29 is 13.9 Å². The van der Waals surface area contributed by atoms with Crippen LogP contribution >= 0.6 is 0 Å². The van der Waals surface area contributed by atoms with Crippen molar-refractivity contribution in [2.75, 3.05) is 20.2 Å². The summed E-state index contributed by atoms with van der Waals surface area (Å²) < 4.78 is 11.6. The molecule has 0 aliphatic carbocycles. The summed E-state index contributed by atoms with van der Waals surface area (Å²) in [5.74, 6) is 2.36. The highest BCUT2D eigenvalue weighted by molar-refractivity contribution is 5.98. The Balaban J connectivity index is 2.02. The molecule has 2 aromatic rings. The highest BCUT2D eigenvalue weighted by atomic mass is 16.5. The van der Waals surface area contributed by atoms with Gasteiger partial charge in [-0.2, -0.15) is 0 Å². The molecule has 2 heterocycles. The van der Waals surface area contributed by atoms with Crippen molar-refractivity contribution in [3.63, 3.8) is 0 Å². The number of carbonyl (C=O) groups is 1. The van der Waals surface area contributed by atoms with Crippen molar-refractivity contribution >= 4 is 22.4 Å². The maximum Gasteiger partial charge on any atom is 0.246 e. The Morgan fingerprint density at radius 2 is 2.04 bits per heavy atom. The molecular formula is C22H29NO3. The predicted molar refractivity (Wildman–Crippen MR) is 106 cm³/mol. The van der Waals surface area contributed by atoms with Crippen LogP contribution in [0.1, 0.15) is 49.1 Å². The van der Waals surface area contributed by atoms with Crippen LogP contribution in [0.5, 0.6) is 5.75 Å². The number of benzene rings is 1. The van der Waals surface area contributed by atoms with Gasteiger partial charge in [0.15, 0.2) is 0 Å². The number of aryl methyl sites for hydroxylation is 3. The highest BCUT2D eigenvalue weighted by Gasteiger charge is 2.21. The van der Waals surface area contributed by atoms with Crippen LogP contribution < -0.4 is 4.74 Å². The summed E-state index contributed by atoms with van der Waals surface area (Å²) in [5.41, 5.74) is 4.86. The van der Waals surface area contributed by atoms with Crippen LogP contribution in [-0.2, 0) is 4.79 Å². The van der Waals surface area contributed by atoms with Crippen LogP contribution in [-0.4, -0.2) is 31.0 Å². The van der Waals surface area contributed by atoms with E-state index in [0.717, 1.165) is 64.3 Å². The number of rotatable bonds is 3. The second kappa shape index (κ2) is 7.18. The average Bonchev–Trinajstić information content (AvgIpc) is 2.90. The first-order chi connectivity index (χ1) is 12.3. The number of allylic oxidation sites excluding steroid dienone is 1. The molecule has 1 saturated heterocycles. The van der Waals surface area contributed by atoms with E-state index in [1.165, 1.54) is 6.42 Å². The lowest BCUT2D eigenvalue weighted by Crippen LogP contribution is -2.38. The molecule has 1 fully saturated rings. The van der Waals surface area contributed by atoms with Crippen LogP contribution in [0.3, 0.4) is 0 Å². The summed E-state index contributed by atoms with van der Waals surface area (Å²) in [6.45, 7) is 11.9. The molecule has 0 N–H and O–H groups in total. The van der Waals surface area contributed by atoms with Gasteiger partial charge in [0, 0.05) is 35.7 Å². The van der Waals surface area contributed by atoms with Crippen LogP contribution in [0, 0.1) is 26.7 Å². The molecule has 1 aromatic heterocycles. The topological polar surface area (TPSA) is 42.7 Å². The van der Waals surface area contributed by atoms with Gasteiger partial charge in [0.25, 0.3) is 0 Å². The van der Waals surface area contributed by atoms with E-state index in [2.05, 4.69) is 19.9 Å². The molecular weight excluding hydrogens is 326 g/mol. The van der Waals surface area contributed by atoms with E-state index < -0.39 is 0 Å². The van der Waals surface area contributed by atoms with Crippen molar-refractivity contribution in [1.82, 2.24) is 4.90 Å². The van der Waals surface area contributed by atoms with E-state index in [1.54, 1.807) is 13.2 Å². The lowest BCUT2D eigenvalue weighted by Gasteiger charge is -2.30. The molecule has 26 heavy (non-hydrogen) atoms. The van der Waals surface area contributed by atoms with Crippen molar-refractivity contribution in [3.05, 3.63) is 34.6 Å². The summed E-state index contributed by atoms with van der Waals surface area (Å²) in [4.78, 5) is 14.7. The summed E-state index contributed by atoms with van der Waals surface area (Å²) in [6, 6.07) is 2.09. The largest absolute Gasteiger partial charge is 0.496 e. The van der Waals surface area contributed by atoms with E-state index in [9.17, 15) is 4.79 Å². The Kier molecular flexibility index (Phi) is 5.12. The van der Waals surface area contributed by atoms with Crippen molar-refractivity contribution in [3.8, 4) is 5.75 Å². The van der Waals surface area contributed by atoms with Gasteiger partial charge in [-0.05, 0) is 63.7 Å². The number of nitrogens with zero attached hydrogens (tertiary/aromatic N) is 1. The van der Waals surface area contributed by atoms with E-state index in [0.29, 0.717) is 5.92 Å². The van der Waals surface area contributed by atoms with Crippen molar-refractivity contribution in [1.29, 1.82) is 0 Å². The molecule has 0 saturated carbocycles. The second-order valence-corrected chi connectivity index (χ2v) is 7.60. The first-order valence-corrected chi connectivity index (χ1v) is 9.38. The summed E-state index contributed by atoms with van der Waals surface area (Å²) >= 11 is 0. The number of ether oxygens (including phenoxy) is 1. The van der Waals surface area contributed by atoms with Crippen LogP contribution in [0.4, 0.5) is 0 Å². The number of amides is 1. The SMILES string of the molecule is COc1c(/C(C)=C/C(=O)N2CCCC(C)C2)cc2c(C)c(C)oc2c1C. The van der Waals surface area contributed by atoms with E-state index in [4.69, 9.17) is 9.15 Å². The lowest BCUT2D eigenvalue weighted by atomic mass is 9.97. The van der Waals surface area contributed by atoms with Gasteiger partial charge < -0.3 is 14.1 Å². The number of methoxy groups -OCH3 is 1.